The van der Waals surface area contributed by atoms with Gasteiger partial charge in [-0.05, 0) is 32.1 Å². The molecule has 0 N–H and O–H groups in total. The lowest BCUT2D eigenvalue weighted by Crippen LogP contribution is -2.58. The van der Waals surface area contributed by atoms with Gasteiger partial charge in [-0.15, -0.1) is 0 Å². The number of carbonyl (C=O) groups excluding carboxylic acids is 1. The maximum Gasteiger partial charge on any atom is 0.252 e. The molecule has 0 saturated carbocycles. The van der Waals surface area contributed by atoms with Crippen LogP contribution in [0.5, 0.6) is 5.75 Å². The normalized spacial score (nSPS) is 20.8. The summed E-state index contributed by atoms with van der Waals surface area (Å²) in [5.74, 6) is 0.469. The first-order chi connectivity index (χ1) is 8.51. The number of anilines is 1. The third-order valence-electron chi connectivity index (χ3n) is 2.96. The van der Waals surface area contributed by atoms with Crippen LogP contribution in [0.2, 0.25) is 0 Å². The molecule has 1 unspecified atom stereocenters. The van der Waals surface area contributed by atoms with E-state index in [9.17, 15) is 4.79 Å². The number of carbonyl (C=O) groups is 1. The molecule has 1 aromatic carbocycles. The van der Waals surface area contributed by atoms with Crippen LogP contribution < -0.4 is 9.64 Å². The lowest BCUT2D eigenvalue weighted by atomic mass is 10.0. The second-order valence-electron chi connectivity index (χ2n) is 4.67. The van der Waals surface area contributed by atoms with Crippen molar-refractivity contribution in [3.8, 4) is 5.75 Å². The van der Waals surface area contributed by atoms with Gasteiger partial charge in [0.1, 0.15) is 11.4 Å². The molecular formula is C14H17NO3. The van der Waals surface area contributed by atoms with Gasteiger partial charge in [0.2, 0.25) is 0 Å². The molecule has 1 aromatic rings. The smallest absolute Gasteiger partial charge is 0.252 e. The number of benzene rings is 1. The molecule has 2 rings (SSSR count). The molecule has 1 heterocycles. The average Bonchev–Trinajstić information content (AvgIpc) is 2.35. The molecule has 1 aliphatic heterocycles. The molecule has 0 bridgehead atoms. The monoisotopic (exact) mass is 247 g/mol. The molecule has 4 heteroatoms. The Kier molecular flexibility index (Phi) is 3.13. The van der Waals surface area contributed by atoms with Gasteiger partial charge in [-0.25, -0.2) is 0 Å². The van der Waals surface area contributed by atoms with Crippen LogP contribution in [-0.4, -0.2) is 24.8 Å². The van der Waals surface area contributed by atoms with E-state index in [2.05, 4.69) is 6.58 Å². The highest BCUT2D eigenvalue weighted by atomic mass is 16.6. The summed E-state index contributed by atoms with van der Waals surface area (Å²) in [6.07, 6.45) is 0.794. The van der Waals surface area contributed by atoms with Gasteiger partial charge in [0.05, 0.1) is 5.69 Å². The molecule has 1 atom stereocenters. The second kappa shape index (κ2) is 4.46. The average molecular weight is 247 g/mol. The number of hydrogen-bond acceptors (Lipinski definition) is 3. The van der Waals surface area contributed by atoms with Crippen LogP contribution in [0.1, 0.15) is 13.8 Å². The summed E-state index contributed by atoms with van der Waals surface area (Å²) in [5, 5.41) is 0. The highest BCUT2D eigenvalue weighted by Crippen LogP contribution is 2.40. The van der Waals surface area contributed by atoms with Gasteiger partial charge in [-0.3, -0.25) is 9.69 Å². The van der Waals surface area contributed by atoms with E-state index in [4.69, 9.17) is 9.47 Å². The first-order valence-corrected chi connectivity index (χ1v) is 5.77. The number of methoxy groups -OCH3 is 1. The summed E-state index contributed by atoms with van der Waals surface area (Å²) in [6.45, 7) is 7.32. The summed E-state index contributed by atoms with van der Waals surface area (Å²) < 4.78 is 11.3. The highest BCUT2D eigenvalue weighted by Gasteiger charge is 2.44. The van der Waals surface area contributed by atoms with E-state index in [0.29, 0.717) is 11.4 Å². The topological polar surface area (TPSA) is 38.8 Å². The summed E-state index contributed by atoms with van der Waals surface area (Å²) >= 11 is 0. The Morgan fingerprint density at radius 2 is 2.17 bits per heavy atom. The minimum atomic E-state index is -0.623. The number of amides is 1. The van der Waals surface area contributed by atoms with Crippen molar-refractivity contribution in [2.24, 2.45) is 0 Å². The van der Waals surface area contributed by atoms with Crippen LogP contribution in [0.15, 0.2) is 36.9 Å². The molecule has 1 aliphatic rings. The van der Waals surface area contributed by atoms with E-state index in [-0.39, 0.29) is 5.91 Å². The standard InChI is InChI=1S/C14H17NO3/c1-5-12(16)15-10-8-6-7-9-11(10)18-14(2,3)13(15)17-4/h5-9,13H,1H2,2-4H3. The number of hydrogen-bond donors (Lipinski definition) is 0. The molecule has 4 nitrogen and oxygen atoms in total. The van der Waals surface area contributed by atoms with Gasteiger partial charge in [-0.1, -0.05) is 18.7 Å². The largest absolute Gasteiger partial charge is 0.481 e. The van der Waals surface area contributed by atoms with Crippen molar-refractivity contribution in [1.29, 1.82) is 0 Å². The van der Waals surface area contributed by atoms with Crippen molar-refractivity contribution in [2.45, 2.75) is 25.7 Å². The Bertz CT molecular complexity index is 482. The quantitative estimate of drug-likeness (QED) is 0.753. The number of para-hydroxylation sites is 2. The molecule has 0 radical (unpaired) electrons. The number of fused-ring (bicyclic) bond motifs is 1. The second-order valence-corrected chi connectivity index (χ2v) is 4.67. The maximum atomic E-state index is 12.1. The van der Waals surface area contributed by atoms with Gasteiger partial charge in [0.25, 0.3) is 5.91 Å². The van der Waals surface area contributed by atoms with Gasteiger partial charge < -0.3 is 9.47 Å². The van der Waals surface area contributed by atoms with Crippen molar-refractivity contribution in [1.82, 2.24) is 0 Å². The van der Waals surface area contributed by atoms with Crippen LogP contribution in [0.3, 0.4) is 0 Å². The van der Waals surface area contributed by atoms with Gasteiger partial charge >= 0.3 is 0 Å². The lowest BCUT2D eigenvalue weighted by Gasteiger charge is -2.45. The molecule has 0 aromatic heterocycles. The molecular weight excluding hydrogens is 230 g/mol. The highest BCUT2D eigenvalue weighted by molar-refractivity contribution is 6.02. The molecule has 0 aliphatic carbocycles. The third kappa shape index (κ3) is 1.88. The van der Waals surface area contributed by atoms with E-state index in [1.165, 1.54) is 6.08 Å². The minimum absolute atomic E-state index is 0.203. The minimum Gasteiger partial charge on any atom is -0.481 e. The van der Waals surface area contributed by atoms with E-state index in [0.717, 1.165) is 0 Å². The van der Waals surface area contributed by atoms with E-state index >= 15 is 0 Å². The summed E-state index contributed by atoms with van der Waals surface area (Å²) in [4.78, 5) is 13.6. The zero-order valence-corrected chi connectivity index (χ0v) is 10.8. The number of ether oxygens (including phenoxy) is 2. The van der Waals surface area contributed by atoms with Crippen LogP contribution in [0.25, 0.3) is 0 Å². The predicted octanol–water partition coefficient (Wildman–Crippen LogP) is 2.35. The van der Waals surface area contributed by atoms with Gasteiger partial charge in [0, 0.05) is 7.11 Å². The predicted molar refractivity (Wildman–Crippen MR) is 69.6 cm³/mol. The molecule has 96 valence electrons. The Morgan fingerprint density at radius 3 is 2.78 bits per heavy atom. The Morgan fingerprint density at radius 1 is 1.50 bits per heavy atom. The fraction of sp³-hybridized carbons (Fsp3) is 0.357. The van der Waals surface area contributed by atoms with Crippen molar-refractivity contribution < 1.29 is 14.3 Å². The van der Waals surface area contributed by atoms with Crippen LogP contribution in [0, 0.1) is 0 Å². The first-order valence-electron chi connectivity index (χ1n) is 5.77. The van der Waals surface area contributed by atoms with Crippen LogP contribution >= 0.6 is 0 Å². The van der Waals surface area contributed by atoms with Crippen LogP contribution in [0.4, 0.5) is 5.69 Å². The molecule has 18 heavy (non-hydrogen) atoms. The van der Waals surface area contributed by atoms with Crippen LogP contribution in [-0.2, 0) is 9.53 Å². The third-order valence-corrected chi connectivity index (χ3v) is 2.96. The Labute approximate surface area is 107 Å². The molecule has 0 spiro atoms. The zero-order chi connectivity index (χ0) is 13.3. The number of nitrogens with zero attached hydrogens (tertiary/aromatic N) is 1. The molecule has 0 saturated heterocycles. The van der Waals surface area contributed by atoms with E-state index in [1.54, 1.807) is 12.0 Å². The van der Waals surface area contributed by atoms with Crippen molar-refractivity contribution in [2.75, 3.05) is 12.0 Å². The maximum absolute atomic E-state index is 12.1. The van der Waals surface area contributed by atoms with Gasteiger partial charge in [0.15, 0.2) is 6.23 Å². The lowest BCUT2D eigenvalue weighted by molar-refractivity contribution is -0.123. The van der Waals surface area contributed by atoms with E-state index in [1.807, 2.05) is 38.1 Å². The molecule has 1 amide bonds. The van der Waals surface area contributed by atoms with E-state index < -0.39 is 11.8 Å². The summed E-state index contributed by atoms with van der Waals surface area (Å²) in [7, 11) is 1.56. The Hall–Kier alpha value is -1.81. The fourth-order valence-corrected chi connectivity index (χ4v) is 2.24. The summed E-state index contributed by atoms with van der Waals surface area (Å²) in [5.41, 5.74) is 0.0791. The Balaban J connectivity index is 2.57. The zero-order valence-electron chi connectivity index (χ0n) is 10.8. The molecule has 0 fully saturated rings. The van der Waals surface area contributed by atoms with Crippen molar-refractivity contribution >= 4 is 11.6 Å². The van der Waals surface area contributed by atoms with Crippen molar-refractivity contribution in [3.05, 3.63) is 36.9 Å². The summed E-state index contributed by atoms with van der Waals surface area (Å²) in [6, 6.07) is 7.40. The fourth-order valence-electron chi connectivity index (χ4n) is 2.24. The first kappa shape index (κ1) is 12.6. The van der Waals surface area contributed by atoms with Gasteiger partial charge in [-0.2, -0.15) is 0 Å². The van der Waals surface area contributed by atoms with Crippen molar-refractivity contribution in [3.63, 3.8) is 0 Å². The number of rotatable bonds is 2. The SMILES string of the molecule is C=CC(=O)N1c2ccccc2OC(C)(C)C1OC.